The summed E-state index contributed by atoms with van der Waals surface area (Å²) in [6.45, 7) is 6.55. The summed E-state index contributed by atoms with van der Waals surface area (Å²) in [6.07, 6.45) is 4.49. The van der Waals surface area contributed by atoms with Crippen LogP contribution in [-0.4, -0.2) is 31.4 Å². The van der Waals surface area contributed by atoms with E-state index >= 15 is 0 Å². The molecular weight excluding hydrogens is 372 g/mol. The van der Waals surface area contributed by atoms with E-state index in [1.54, 1.807) is 6.07 Å². The summed E-state index contributed by atoms with van der Waals surface area (Å²) < 4.78 is 16.2. The zero-order valence-electron chi connectivity index (χ0n) is 17.8. The Hall–Kier alpha value is -2.37. The summed E-state index contributed by atoms with van der Waals surface area (Å²) in [7, 11) is 1.44. The Labute approximate surface area is 172 Å². The van der Waals surface area contributed by atoms with Gasteiger partial charge < -0.3 is 14.2 Å². The molecule has 0 aromatic heterocycles. The SMILES string of the molecule is COc1cc(C=O)ccc1OC(=O)CCCC(=O)O[C@H]1C[C@@H](C)CC[C@@H]1C(C)C. The van der Waals surface area contributed by atoms with Crippen molar-refractivity contribution in [2.75, 3.05) is 7.11 Å². The Kier molecular flexibility index (Phi) is 8.68. The summed E-state index contributed by atoms with van der Waals surface area (Å²) in [5, 5.41) is 0. The van der Waals surface area contributed by atoms with Crippen LogP contribution in [0.5, 0.6) is 11.5 Å². The molecule has 1 aromatic rings. The van der Waals surface area contributed by atoms with Crippen LogP contribution in [0.3, 0.4) is 0 Å². The minimum absolute atomic E-state index is 0.0289. The molecule has 6 heteroatoms. The van der Waals surface area contributed by atoms with Crippen molar-refractivity contribution in [3.63, 3.8) is 0 Å². The first-order valence-electron chi connectivity index (χ1n) is 10.4. The molecule has 1 fully saturated rings. The third-order valence-corrected chi connectivity index (χ3v) is 5.55. The molecule has 1 saturated carbocycles. The maximum Gasteiger partial charge on any atom is 0.311 e. The number of carbonyl (C=O) groups is 3. The average Bonchev–Trinajstić information content (AvgIpc) is 2.68. The van der Waals surface area contributed by atoms with Crippen LogP contribution in [0.25, 0.3) is 0 Å². The van der Waals surface area contributed by atoms with E-state index in [0.717, 1.165) is 12.8 Å². The van der Waals surface area contributed by atoms with E-state index in [1.807, 2.05) is 0 Å². The van der Waals surface area contributed by atoms with Crippen molar-refractivity contribution >= 4 is 18.2 Å². The molecule has 0 spiro atoms. The molecule has 0 saturated heterocycles. The van der Waals surface area contributed by atoms with Gasteiger partial charge in [-0.1, -0.05) is 27.2 Å². The van der Waals surface area contributed by atoms with E-state index < -0.39 is 5.97 Å². The molecule has 1 aliphatic carbocycles. The van der Waals surface area contributed by atoms with Gasteiger partial charge in [0.05, 0.1) is 7.11 Å². The van der Waals surface area contributed by atoms with Crippen LogP contribution in [-0.2, 0) is 14.3 Å². The monoisotopic (exact) mass is 404 g/mol. The summed E-state index contributed by atoms with van der Waals surface area (Å²) in [5.41, 5.74) is 0.432. The number of hydrogen-bond donors (Lipinski definition) is 0. The molecule has 1 aromatic carbocycles. The second-order valence-electron chi connectivity index (χ2n) is 8.21. The minimum atomic E-state index is -0.457. The number of esters is 2. The van der Waals surface area contributed by atoms with Gasteiger partial charge >= 0.3 is 11.9 Å². The fourth-order valence-electron chi connectivity index (χ4n) is 3.87. The number of hydrogen-bond acceptors (Lipinski definition) is 6. The Morgan fingerprint density at radius 2 is 1.86 bits per heavy atom. The maximum atomic E-state index is 12.3. The highest BCUT2D eigenvalue weighted by Crippen LogP contribution is 2.35. The Morgan fingerprint density at radius 3 is 2.52 bits per heavy atom. The highest BCUT2D eigenvalue weighted by atomic mass is 16.6. The molecule has 160 valence electrons. The van der Waals surface area contributed by atoms with Gasteiger partial charge in [0.1, 0.15) is 12.4 Å². The van der Waals surface area contributed by atoms with Crippen LogP contribution in [0.2, 0.25) is 0 Å². The lowest BCUT2D eigenvalue weighted by atomic mass is 9.75. The van der Waals surface area contributed by atoms with E-state index in [4.69, 9.17) is 14.2 Å². The van der Waals surface area contributed by atoms with Crippen LogP contribution in [0.15, 0.2) is 18.2 Å². The molecular formula is C23H32O6. The number of benzene rings is 1. The molecule has 2 rings (SSSR count). The summed E-state index contributed by atoms with van der Waals surface area (Å²) in [5.74, 6) is 1.31. The molecule has 0 aliphatic heterocycles. The summed E-state index contributed by atoms with van der Waals surface area (Å²) in [4.78, 5) is 35.2. The van der Waals surface area contributed by atoms with Gasteiger partial charge in [-0.2, -0.15) is 0 Å². The second-order valence-corrected chi connectivity index (χ2v) is 8.21. The summed E-state index contributed by atoms with van der Waals surface area (Å²) >= 11 is 0. The van der Waals surface area contributed by atoms with Crippen molar-refractivity contribution in [1.29, 1.82) is 0 Å². The second kappa shape index (κ2) is 11.0. The molecule has 0 radical (unpaired) electrons. The third-order valence-electron chi connectivity index (χ3n) is 5.55. The van der Waals surface area contributed by atoms with Gasteiger partial charge in [-0.05, 0) is 55.2 Å². The summed E-state index contributed by atoms with van der Waals surface area (Å²) in [6, 6.07) is 4.57. The van der Waals surface area contributed by atoms with Gasteiger partial charge in [0.15, 0.2) is 11.5 Å². The smallest absolute Gasteiger partial charge is 0.311 e. The lowest BCUT2D eigenvalue weighted by Crippen LogP contribution is -2.35. The predicted octanol–water partition coefficient (Wildman–Crippen LogP) is 4.59. The first-order valence-corrected chi connectivity index (χ1v) is 10.4. The first kappa shape index (κ1) is 22.9. The number of rotatable bonds is 9. The fraction of sp³-hybridized carbons (Fsp3) is 0.609. The predicted molar refractivity (Wildman–Crippen MR) is 109 cm³/mol. The number of methoxy groups -OCH3 is 1. The zero-order valence-corrected chi connectivity index (χ0v) is 17.8. The molecule has 0 bridgehead atoms. The minimum Gasteiger partial charge on any atom is -0.493 e. The molecule has 29 heavy (non-hydrogen) atoms. The van der Waals surface area contributed by atoms with Crippen molar-refractivity contribution in [2.24, 2.45) is 17.8 Å². The third kappa shape index (κ3) is 6.87. The van der Waals surface area contributed by atoms with E-state index in [-0.39, 0.29) is 30.7 Å². The van der Waals surface area contributed by atoms with Gasteiger partial charge in [0, 0.05) is 18.4 Å². The van der Waals surface area contributed by atoms with Gasteiger partial charge in [-0.15, -0.1) is 0 Å². The standard InChI is InChI=1S/C23H32O6/c1-15(2)18-10-8-16(3)12-20(18)29-23(26)7-5-6-22(25)28-19-11-9-17(14-24)13-21(19)27-4/h9,11,13-16,18,20H,5-8,10,12H2,1-4H3/t16-,18+,20-/m0/s1. The highest BCUT2D eigenvalue weighted by Gasteiger charge is 2.33. The average molecular weight is 405 g/mol. The first-order chi connectivity index (χ1) is 13.8. The van der Waals surface area contributed by atoms with Crippen LogP contribution in [0.4, 0.5) is 0 Å². The van der Waals surface area contributed by atoms with Gasteiger partial charge in [0.2, 0.25) is 0 Å². The van der Waals surface area contributed by atoms with Crippen LogP contribution < -0.4 is 9.47 Å². The van der Waals surface area contributed by atoms with Crippen molar-refractivity contribution in [2.45, 2.75) is 65.4 Å². The van der Waals surface area contributed by atoms with Crippen molar-refractivity contribution < 1.29 is 28.6 Å². The number of ether oxygens (including phenoxy) is 3. The van der Waals surface area contributed by atoms with Crippen molar-refractivity contribution in [3.8, 4) is 11.5 Å². The molecule has 3 atom stereocenters. The van der Waals surface area contributed by atoms with Crippen molar-refractivity contribution in [3.05, 3.63) is 23.8 Å². The molecule has 6 nitrogen and oxygen atoms in total. The maximum absolute atomic E-state index is 12.3. The van der Waals surface area contributed by atoms with E-state index in [2.05, 4.69) is 20.8 Å². The molecule has 0 unspecified atom stereocenters. The molecule has 0 heterocycles. The highest BCUT2D eigenvalue weighted by molar-refractivity contribution is 5.78. The fourth-order valence-corrected chi connectivity index (χ4v) is 3.87. The topological polar surface area (TPSA) is 78.9 Å². The van der Waals surface area contributed by atoms with E-state index in [9.17, 15) is 14.4 Å². The largest absolute Gasteiger partial charge is 0.493 e. The lowest BCUT2D eigenvalue weighted by molar-refractivity contribution is -0.156. The van der Waals surface area contributed by atoms with E-state index in [0.29, 0.717) is 41.8 Å². The number of carbonyl (C=O) groups excluding carboxylic acids is 3. The Bertz CT molecular complexity index is 711. The zero-order chi connectivity index (χ0) is 21.4. The van der Waals surface area contributed by atoms with Crippen LogP contribution >= 0.6 is 0 Å². The molecule has 0 N–H and O–H groups in total. The van der Waals surface area contributed by atoms with Crippen LogP contribution in [0.1, 0.15) is 69.7 Å². The van der Waals surface area contributed by atoms with Crippen LogP contribution in [0, 0.1) is 17.8 Å². The number of aldehydes is 1. The Morgan fingerprint density at radius 1 is 1.14 bits per heavy atom. The van der Waals surface area contributed by atoms with Gasteiger partial charge in [-0.25, -0.2) is 0 Å². The molecule has 1 aliphatic rings. The van der Waals surface area contributed by atoms with E-state index in [1.165, 1.54) is 25.7 Å². The lowest BCUT2D eigenvalue weighted by Gasteiger charge is -2.36. The van der Waals surface area contributed by atoms with Gasteiger partial charge in [0.25, 0.3) is 0 Å². The molecule has 0 amide bonds. The quantitative estimate of drug-likeness (QED) is 0.340. The Balaban J connectivity index is 1.79. The van der Waals surface area contributed by atoms with Crippen molar-refractivity contribution in [1.82, 2.24) is 0 Å². The normalized spacial score (nSPS) is 21.5. The van der Waals surface area contributed by atoms with Gasteiger partial charge in [-0.3, -0.25) is 14.4 Å².